The van der Waals surface area contributed by atoms with Crippen LogP contribution >= 0.6 is 0 Å². The van der Waals surface area contributed by atoms with Gasteiger partial charge in [0.1, 0.15) is 23.9 Å². The molecule has 3 amide bonds. The number of hydrogen-bond acceptors (Lipinski definition) is 9. The highest BCUT2D eigenvalue weighted by Gasteiger charge is 2.27. The third kappa shape index (κ3) is 33.5. The number of amides is 3. The van der Waals surface area contributed by atoms with Gasteiger partial charge in [-0.2, -0.15) is 0 Å². The Bertz CT molecular complexity index is 929. The fourth-order valence-corrected chi connectivity index (χ4v) is 4.98. The number of ether oxygens (including phenoxy) is 4. The van der Waals surface area contributed by atoms with Gasteiger partial charge in [0.2, 0.25) is 17.7 Å². The van der Waals surface area contributed by atoms with Gasteiger partial charge in [-0.3, -0.25) is 19.2 Å². The Morgan fingerprint density at radius 2 is 1.04 bits per heavy atom. The van der Waals surface area contributed by atoms with Crippen molar-refractivity contribution < 1.29 is 42.9 Å². The van der Waals surface area contributed by atoms with Crippen LogP contribution in [0.3, 0.4) is 0 Å². The van der Waals surface area contributed by atoms with E-state index in [9.17, 15) is 24.0 Å². The van der Waals surface area contributed by atoms with Gasteiger partial charge < -0.3 is 35.3 Å². The lowest BCUT2D eigenvalue weighted by Gasteiger charge is -2.24. The predicted octanol–water partition coefficient (Wildman–Crippen LogP) is 5.81. The molecule has 0 aliphatic carbocycles. The molecule has 0 fully saturated rings. The van der Waals surface area contributed by atoms with E-state index in [1.54, 1.807) is 20.8 Å². The maximum absolute atomic E-state index is 12.8. The maximum atomic E-state index is 12.8. The zero-order chi connectivity index (χ0) is 37.0. The highest BCUT2D eigenvalue weighted by molar-refractivity contribution is 5.85. The van der Waals surface area contributed by atoms with Gasteiger partial charge in [0.05, 0.1) is 19.8 Å². The lowest BCUT2D eigenvalue weighted by atomic mass is 10.0. The molecule has 286 valence electrons. The molecule has 0 aromatic carbocycles. The van der Waals surface area contributed by atoms with Crippen molar-refractivity contribution in [3.05, 3.63) is 0 Å². The number of nitrogens with two attached hydrogens (primary N) is 1. The molecule has 0 saturated carbocycles. The summed E-state index contributed by atoms with van der Waals surface area (Å²) in [5.74, 6) is -1.68. The first kappa shape index (κ1) is 46.3. The first-order valence-electron chi connectivity index (χ1n) is 18.5. The zero-order valence-corrected chi connectivity index (χ0v) is 31.6. The highest BCUT2D eigenvalue weighted by atomic mass is 16.6. The number of carbonyl (C=O) groups excluding carboxylic acids is 5. The number of carbonyl (C=O) groups is 5. The number of rotatable bonds is 30. The monoisotopic (exact) mass is 700 g/mol. The molecule has 12 nitrogen and oxygen atoms in total. The molecule has 0 bridgehead atoms. The quantitative estimate of drug-likeness (QED) is 0.0618. The van der Waals surface area contributed by atoms with Crippen molar-refractivity contribution in [1.29, 1.82) is 0 Å². The molecular weight excluding hydrogens is 630 g/mol. The number of esters is 2. The molecule has 0 radical (unpaired) electrons. The van der Waals surface area contributed by atoms with Gasteiger partial charge in [-0.05, 0) is 60.8 Å². The Morgan fingerprint density at radius 1 is 0.571 bits per heavy atom. The van der Waals surface area contributed by atoms with Crippen LogP contribution in [0.5, 0.6) is 0 Å². The predicted molar refractivity (Wildman–Crippen MR) is 191 cm³/mol. The summed E-state index contributed by atoms with van der Waals surface area (Å²) >= 11 is 0. The molecule has 0 rings (SSSR count). The van der Waals surface area contributed by atoms with E-state index in [1.165, 1.54) is 51.4 Å². The van der Waals surface area contributed by atoms with Crippen molar-refractivity contribution in [2.24, 2.45) is 5.73 Å². The summed E-state index contributed by atoms with van der Waals surface area (Å²) in [4.78, 5) is 60.1. The van der Waals surface area contributed by atoms with E-state index in [4.69, 9.17) is 24.7 Å². The topological polar surface area (TPSA) is 172 Å². The molecule has 4 N–H and O–H groups in total. The highest BCUT2D eigenvalue weighted by Crippen LogP contribution is 2.16. The SMILES string of the molecule is CC(C)(C)OC(=O)CCCCCCCCCCCCCCCCC(=O)N[C@@H](CCC(=O)NCCOCCOCC(N)=O)C(=O)OC(C)(C)C. The summed E-state index contributed by atoms with van der Waals surface area (Å²) in [6.07, 6.45) is 16.8. The van der Waals surface area contributed by atoms with Crippen LogP contribution in [-0.2, 0) is 42.9 Å². The minimum atomic E-state index is -0.903. The number of primary amides is 1. The van der Waals surface area contributed by atoms with Gasteiger partial charge in [0.25, 0.3) is 0 Å². The van der Waals surface area contributed by atoms with Crippen LogP contribution in [0, 0.1) is 0 Å². The maximum Gasteiger partial charge on any atom is 0.329 e. The summed E-state index contributed by atoms with van der Waals surface area (Å²) < 4.78 is 21.1. The summed E-state index contributed by atoms with van der Waals surface area (Å²) in [6, 6.07) is -0.903. The lowest BCUT2D eigenvalue weighted by molar-refractivity contribution is -0.159. The Balaban J connectivity index is 4.00. The normalized spacial score (nSPS) is 12.3. The third-order valence-electron chi connectivity index (χ3n) is 7.33. The average Bonchev–Trinajstić information content (AvgIpc) is 2.98. The van der Waals surface area contributed by atoms with E-state index in [0.29, 0.717) is 12.8 Å². The van der Waals surface area contributed by atoms with Gasteiger partial charge in [-0.25, -0.2) is 4.79 Å². The average molecular weight is 700 g/mol. The molecule has 0 aromatic rings. The second kappa shape index (κ2) is 28.0. The fourth-order valence-electron chi connectivity index (χ4n) is 4.98. The van der Waals surface area contributed by atoms with Crippen LogP contribution in [0.4, 0.5) is 0 Å². The van der Waals surface area contributed by atoms with Crippen LogP contribution in [-0.4, -0.2) is 79.9 Å². The van der Waals surface area contributed by atoms with Crippen molar-refractivity contribution in [1.82, 2.24) is 10.6 Å². The number of unbranched alkanes of at least 4 members (excludes halogenated alkanes) is 13. The largest absolute Gasteiger partial charge is 0.460 e. The number of nitrogens with one attached hydrogen (secondary N) is 2. The van der Waals surface area contributed by atoms with E-state index in [-0.39, 0.29) is 63.6 Å². The Hall–Kier alpha value is -2.73. The minimum Gasteiger partial charge on any atom is -0.460 e. The Morgan fingerprint density at radius 3 is 1.53 bits per heavy atom. The molecular formula is C37H69N3O9. The zero-order valence-electron chi connectivity index (χ0n) is 31.6. The lowest BCUT2D eigenvalue weighted by Crippen LogP contribution is -2.44. The fraction of sp³-hybridized carbons (Fsp3) is 0.865. The van der Waals surface area contributed by atoms with E-state index < -0.39 is 29.1 Å². The minimum absolute atomic E-state index is 0.0449. The summed E-state index contributed by atoms with van der Waals surface area (Å²) in [5.41, 5.74) is 3.87. The molecule has 0 aromatic heterocycles. The van der Waals surface area contributed by atoms with Crippen LogP contribution in [0.1, 0.15) is 157 Å². The molecule has 0 unspecified atom stereocenters. The molecule has 1 atom stereocenters. The smallest absolute Gasteiger partial charge is 0.329 e. The summed E-state index contributed by atoms with van der Waals surface area (Å²) in [6.45, 7) is 11.8. The molecule has 0 aliphatic rings. The van der Waals surface area contributed by atoms with Crippen molar-refractivity contribution in [2.45, 2.75) is 174 Å². The Labute approximate surface area is 296 Å². The van der Waals surface area contributed by atoms with Crippen LogP contribution in [0.25, 0.3) is 0 Å². The molecule has 0 saturated heterocycles. The van der Waals surface area contributed by atoms with Gasteiger partial charge >= 0.3 is 11.9 Å². The van der Waals surface area contributed by atoms with E-state index >= 15 is 0 Å². The van der Waals surface area contributed by atoms with Crippen molar-refractivity contribution >= 4 is 29.7 Å². The van der Waals surface area contributed by atoms with Crippen molar-refractivity contribution in [2.75, 3.05) is 33.0 Å². The first-order chi connectivity index (χ1) is 23.1. The molecule has 0 spiro atoms. The third-order valence-corrected chi connectivity index (χ3v) is 7.33. The van der Waals surface area contributed by atoms with Gasteiger partial charge in [0, 0.05) is 25.8 Å². The summed E-state index contributed by atoms with van der Waals surface area (Å²) in [7, 11) is 0. The second-order valence-electron chi connectivity index (χ2n) is 14.7. The standard InChI is InChI=1S/C37H69N3O9/c1-36(2,3)48-34(44)22-20-18-16-14-12-10-8-7-9-11-13-15-17-19-21-33(43)40-30(35(45)49-37(4,5)6)23-24-32(42)39-25-26-46-27-28-47-29-31(38)41/h30H,7-29H2,1-6H3,(H2,38,41)(H,39,42)(H,40,43)/t30-/m0/s1. The Kier molecular flexibility index (Phi) is 26.5. The van der Waals surface area contributed by atoms with Crippen molar-refractivity contribution in [3.63, 3.8) is 0 Å². The second-order valence-corrected chi connectivity index (χ2v) is 14.7. The van der Waals surface area contributed by atoms with Gasteiger partial charge in [-0.15, -0.1) is 0 Å². The van der Waals surface area contributed by atoms with E-state index in [0.717, 1.165) is 38.5 Å². The molecule has 0 aliphatic heterocycles. The van der Waals surface area contributed by atoms with Crippen LogP contribution < -0.4 is 16.4 Å². The molecule has 12 heteroatoms. The van der Waals surface area contributed by atoms with Crippen molar-refractivity contribution in [3.8, 4) is 0 Å². The van der Waals surface area contributed by atoms with Crippen LogP contribution in [0.15, 0.2) is 0 Å². The molecule has 0 heterocycles. The number of hydrogen-bond donors (Lipinski definition) is 3. The van der Waals surface area contributed by atoms with E-state index in [1.807, 2.05) is 20.8 Å². The van der Waals surface area contributed by atoms with Crippen LogP contribution in [0.2, 0.25) is 0 Å². The van der Waals surface area contributed by atoms with Gasteiger partial charge in [-0.1, -0.05) is 77.0 Å². The first-order valence-corrected chi connectivity index (χ1v) is 18.5. The van der Waals surface area contributed by atoms with E-state index in [2.05, 4.69) is 10.6 Å². The van der Waals surface area contributed by atoms with Gasteiger partial charge in [0.15, 0.2) is 0 Å². The summed E-state index contributed by atoms with van der Waals surface area (Å²) in [5, 5.41) is 5.50. The molecule has 49 heavy (non-hydrogen) atoms.